The van der Waals surface area contributed by atoms with Gasteiger partial charge < -0.3 is 33.3 Å². The number of furan rings is 1. The third-order valence-electron chi connectivity index (χ3n) is 9.11. The first-order valence-electron chi connectivity index (χ1n) is 15.2. The first-order valence-corrected chi connectivity index (χ1v) is 15.2. The van der Waals surface area contributed by atoms with Gasteiger partial charge in [0.1, 0.15) is 5.41 Å². The Labute approximate surface area is 257 Å². The number of piperazine rings is 1. The largest absolute Gasteiger partial charge is 0.493 e. The van der Waals surface area contributed by atoms with Crippen molar-refractivity contribution in [1.82, 2.24) is 14.7 Å². The summed E-state index contributed by atoms with van der Waals surface area (Å²) in [6, 6.07) is 8.95. The average Bonchev–Trinajstić information content (AvgIpc) is 3.51. The van der Waals surface area contributed by atoms with Crippen molar-refractivity contribution in [1.29, 1.82) is 0 Å². The van der Waals surface area contributed by atoms with Crippen molar-refractivity contribution in [3.63, 3.8) is 0 Å². The van der Waals surface area contributed by atoms with E-state index in [9.17, 15) is 19.2 Å². The number of amides is 3. The molecular weight excluding hydrogens is 566 g/mol. The molecule has 0 unspecified atom stereocenters. The molecule has 3 amide bonds. The molecule has 3 heterocycles. The second-order valence-electron chi connectivity index (χ2n) is 11.6. The topological polar surface area (TPSA) is 119 Å². The van der Waals surface area contributed by atoms with Gasteiger partial charge in [0, 0.05) is 50.8 Å². The summed E-state index contributed by atoms with van der Waals surface area (Å²) in [4.78, 5) is 59.0. The van der Waals surface area contributed by atoms with Crippen LogP contribution in [0.15, 0.2) is 52.8 Å². The van der Waals surface area contributed by atoms with Crippen molar-refractivity contribution in [2.75, 3.05) is 54.1 Å². The number of ether oxygens (including phenoxy) is 3. The minimum absolute atomic E-state index is 0.0101. The van der Waals surface area contributed by atoms with Crippen molar-refractivity contribution >= 4 is 23.7 Å². The van der Waals surface area contributed by atoms with E-state index in [2.05, 4.69) is 0 Å². The zero-order valence-electron chi connectivity index (χ0n) is 25.7. The van der Waals surface area contributed by atoms with Gasteiger partial charge in [0.15, 0.2) is 17.3 Å². The van der Waals surface area contributed by atoms with Crippen LogP contribution in [0.5, 0.6) is 11.5 Å². The Morgan fingerprint density at radius 2 is 1.73 bits per heavy atom. The molecule has 5 rings (SSSR count). The summed E-state index contributed by atoms with van der Waals surface area (Å²) in [6.45, 7) is 1.82. The lowest BCUT2D eigenvalue weighted by molar-refractivity contribution is -0.160. The minimum atomic E-state index is -0.990. The first kappa shape index (κ1) is 31.2. The molecule has 3 aliphatic rings. The fraction of sp³-hybridized carbons (Fsp3) is 0.515. The van der Waals surface area contributed by atoms with Gasteiger partial charge in [-0.1, -0.05) is 18.6 Å². The van der Waals surface area contributed by atoms with Gasteiger partial charge >= 0.3 is 5.97 Å². The molecule has 0 saturated carbocycles. The zero-order valence-corrected chi connectivity index (χ0v) is 25.7. The van der Waals surface area contributed by atoms with Gasteiger partial charge in [0.2, 0.25) is 11.8 Å². The molecule has 0 radical (unpaired) electrons. The molecular formula is C33H41N3O8. The van der Waals surface area contributed by atoms with E-state index in [0.29, 0.717) is 62.8 Å². The number of methoxy groups -OCH3 is 3. The number of hydrogen-bond donors (Lipinski definition) is 0. The van der Waals surface area contributed by atoms with Gasteiger partial charge in [-0.05, 0) is 61.9 Å². The minimum Gasteiger partial charge on any atom is -0.493 e. The number of benzene rings is 1. The van der Waals surface area contributed by atoms with Gasteiger partial charge in [0.05, 0.1) is 27.6 Å². The zero-order chi connectivity index (χ0) is 31.3. The maximum Gasteiger partial charge on any atom is 0.317 e. The second kappa shape index (κ2) is 13.6. The molecule has 1 aromatic carbocycles. The average molecular weight is 608 g/mol. The Hall–Kier alpha value is -4.28. The van der Waals surface area contributed by atoms with Crippen LogP contribution >= 0.6 is 0 Å². The first-order chi connectivity index (χ1) is 21.3. The highest BCUT2D eigenvalue weighted by atomic mass is 16.5. The summed E-state index contributed by atoms with van der Waals surface area (Å²) in [5, 5.41) is 0. The monoisotopic (exact) mass is 607 g/mol. The lowest BCUT2D eigenvalue weighted by atomic mass is 9.69. The lowest BCUT2D eigenvalue weighted by Crippen LogP contribution is -2.55. The second-order valence-corrected chi connectivity index (χ2v) is 11.6. The standard InChI is InChI=1S/C33H41N3O8/c1-41-25-11-10-23(20-27(25)42-2)12-14-36-28-9-5-4-6-13-33(28,32(40)43-3)22-24(30(36)38)21-29(37)34-15-17-35(18-16-34)31(39)26-8-7-19-44-26/h7-11,19-20,24H,4-6,12-18,21-22H2,1-3H3/t24-,33+/m1/s1. The number of esters is 1. The molecule has 11 heteroatoms. The van der Waals surface area contributed by atoms with Gasteiger partial charge in [-0.2, -0.15) is 0 Å². The van der Waals surface area contributed by atoms with E-state index in [0.717, 1.165) is 24.8 Å². The molecule has 2 aliphatic heterocycles. The summed E-state index contributed by atoms with van der Waals surface area (Å²) in [6.07, 6.45) is 7.27. The maximum absolute atomic E-state index is 14.1. The molecule has 236 valence electrons. The number of piperidine rings is 1. The van der Waals surface area contributed by atoms with Crippen LogP contribution in [0.25, 0.3) is 0 Å². The van der Waals surface area contributed by atoms with Crippen LogP contribution in [0.1, 0.15) is 54.6 Å². The summed E-state index contributed by atoms with van der Waals surface area (Å²) in [5.41, 5.74) is 0.658. The Kier molecular flexibility index (Phi) is 9.61. The van der Waals surface area contributed by atoms with E-state index in [1.54, 1.807) is 41.1 Å². The fourth-order valence-corrected chi connectivity index (χ4v) is 6.76. The molecule has 1 aromatic heterocycles. The number of carbonyl (C=O) groups is 4. The van der Waals surface area contributed by atoms with Gasteiger partial charge in [-0.15, -0.1) is 0 Å². The molecule has 0 bridgehead atoms. The molecule has 1 aliphatic carbocycles. The highest BCUT2D eigenvalue weighted by molar-refractivity contribution is 5.93. The molecule has 2 aromatic rings. The molecule has 44 heavy (non-hydrogen) atoms. The highest BCUT2D eigenvalue weighted by Crippen LogP contribution is 2.49. The van der Waals surface area contributed by atoms with Gasteiger partial charge in [0.25, 0.3) is 5.91 Å². The normalized spacial score (nSPS) is 22.1. The molecule has 0 spiro atoms. The quantitative estimate of drug-likeness (QED) is 0.396. The van der Waals surface area contributed by atoms with Crippen LogP contribution in [-0.4, -0.2) is 92.4 Å². The predicted octanol–water partition coefficient (Wildman–Crippen LogP) is 3.68. The number of rotatable bonds is 9. The molecule has 0 N–H and O–H groups in total. The van der Waals surface area contributed by atoms with Crippen molar-refractivity contribution < 1.29 is 37.8 Å². The number of allylic oxidation sites excluding steroid dienone is 1. The van der Waals surface area contributed by atoms with E-state index in [4.69, 9.17) is 18.6 Å². The van der Waals surface area contributed by atoms with Crippen LogP contribution in [0.3, 0.4) is 0 Å². The molecule has 2 saturated heterocycles. The number of nitrogens with zero attached hydrogens (tertiary/aromatic N) is 3. The maximum atomic E-state index is 14.1. The van der Waals surface area contributed by atoms with Gasteiger partial charge in [-0.25, -0.2) is 0 Å². The van der Waals surface area contributed by atoms with Crippen LogP contribution in [0.4, 0.5) is 0 Å². The van der Waals surface area contributed by atoms with E-state index in [-0.39, 0.29) is 42.3 Å². The molecule has 2 atom stereocenters. The number of hydrogen-bond acceptors (Lipinski definition) is 8. The van der Waals surface area contributed by atoms with Gasteiger partial charge in [-0.3, -0.25) is 19.2 Å². The smallest absolute Gasteiger partial charge is 0.317 e. The van der Waals surface area contributed by atoms with Crippen LogP contribution in [-0.2, 0) is 25.5 Å². The van der Waals surface area contributed by atoms with Crippen molar-refractivity contribution in [2.24, 2.45) is 11.3 Å². The van der Waals surface area contributed by atoms with Crippen molar-refractivity contribution in [2.45, 2.75) is 44.9 Å². The van der Waals surface area contributed by atoms with E-state index >= 15 is 0 Å². The van der Waals surface area contributed by atoms with Crippen molar-refractivity contribution in [3.8, 4) is 11.5 Å². The third-order valence-corrected chi connectivity index (χ3v) is 9.11. The summed E-state index contributed by atoms with van der Waals surface area (Å²) in [5.74, 6) is -0.0731. The Balaban J connectivity index is 1.34. The third kappa shape index (κ3) is 6.18. The van der Waals surface area contributed by atoms with Crippen molar-refractivity contribution in [3.05, 3.63) is 59.7 Å². The Morgan fingerprint density at radius 1 is 0.977 bits per heavy atom. The van der Waals surface area contributed by atoms with E-state index in [1.165, 1.54) is 13.4 Å². The molecule has 2 fully saturated rings. The number of likely N-dealkylation sites (tertiary alicyclic amines) is 1. The number of fused-ring (bicyclic) bond motifs is 1. The van der Waals surface area contributed by atoms with Crippen LogP contribution in [0, 0.1) is 11.3 Å². The number of carbonyl (C=O) groups excluding carboxylic acids is 4. The Bertz CT molecular complexity index is 1400. The summed E-state index contributed by atoms with van der Waals surface area (Å²) >= 11 is 0. The SMILES string of the molecule is COC(=O)[C@]12CCCCC=C1N(CCc1ccc(OC)c(OC)c1)C(=O)[C@H](CC(=O)N1CCN(C(=O)c3ccco3)CC1)C2. The van der Waals surface area contributed by atoms with E-state index in [1.807, 2.05) is 24.3 Å². The predicted molar refractivity (Wildman–Crippen MR) is 160 cm³/mol. The van der Waals surface area contributed by atoms with Crippen LogP contribution in [0.2, 0.25) is 0 Å². The highest BCUT2D eigenvalue weighted by Gasteiger charge is 2.54. The molecule has 11 nitrogen and oxygen atoms in total. The summed E-state index contributed by atoms with van der Waals surface area (Å²) < 4.78 is 21.4. The Morgan fingerprint density at radius 3 is 2.41 bits per heavy atom. The van der Waals surface area contributed by atoms with E-state index < -0.39 is 11.3 Å². The lowest BCUT2D eigenvalue weighted by Gasteiger charge is -2.46. The summed E-state index contributed by atoms with van der Waals surface area (Å²) in [7, 11) is 4.54. The fourth-order valence-electron chi connectivity index (χ4n) is 6.76. The van der Waals surface area contributed by atoms with Crippen LogP contribution < -0.4 is 9.47 Å².